The van der Waals surface area contributed by atoms with Crippen molar-refractivity contribution >= 4 is 52.4 Å². The number of hydrogen-bond donors (Lipinski definition) is 2. The lowest BCUT2D eigenvalue weighted by atomic mass is 9.90. The molecule has 2 N–H and O–H groups in total. The third-order valence-corrected chi connectivity index (χ3v) is 7.76. The SMILES string of the molecule is COc1ccc(CC(C(=O)N[C@@H](Cc2ccc(Cl)cc2)C(=O)N[C@H](C(=O)C(F)(F)F)C(C)C)c2ccc(Cl)c(Cl)c2)cc1. The monoisotopic (exact) mass is 656 g/mol. The van der Waals surface area contributed by atoms with Crippen molar-refractivity contribution in [3.8, 4) is 5.75 Å². The third kappa shape index (κ3) is 9.61. The number of ether oxygens (including phenoxy) is 1. The van der Waals surface area contributed by atoms with Gasteiger partial charge >= 0.3 is 6.18 Å². The molecule has 0 saturated heterocycles. The average molecular weight is 658 g/mol. The molecule has 0 fully saturated rings. The van der Waals surface area contributed by atoms with E-state index >= 15 is 0 Å². The second-order valence-electron chi connectivity index (χ2n) is 10.3. The van der Waals surface area contributed by atoms with Crippen molar-refractivity contribution in [2.24, 2.45) is 5.92 Å². The van der Waals surface area contributed by atoms with Gasteiger partial charge in [0.25, 0.3) is 5.78 Å². The molecule has 0 aliphatic rings. The number of ketones is 1. The smallest absolute Gasteiger partial charge is 0.452 e. The number of carbonyl (C=O) groups excluding carboxylic acids is 3. The molecule has 0 bridgehead atoms. The number of hydrogen-bond acceptors (Lipinski definition) is 4. The molecule has 0 aliphatic heterocycles. The molecule has 1 unspecified atom stereocenters. The van der Waals surface area contributed by atoms with Crippen molar-refractivity contribution in [1.82, 2.24) is 10.6 Å². The van der Waals surface area contributed by atoms with Crippen molar-refractivity contribution in [2.45, 2.75) is 50.9 Å². The number of methoxy groups -OCH3 is 1. The molecule has 12 heteroatoms. The summed E-state index contributed by atoms with van der Waals surface area (Å²) >= 11 is 18.3. The molecule has 3 atom stereocenters. The van der Waals surface area contributed by atoms with Crippen LogP contribution >= 0.6 is 34.8 Å². The van der Waals surface area contributed by atoms with Gasteiger partial charge in [0.15, 0.2) is 0 Å². The van der Waals surface area contributed by atoms with Crippen LogP contribution in [-0.2, 0) is 27.2 Å². The van der Waals surface area contributed by atoms with E-state index in [0.29, 0.717) is 21.9 Å². The number of carbonyl (C=O) groups is 3. The second-order valence-corrected chi connectivity index (χ2v) is 11.5. The summed E-state index contributed by atoms with van der Waals surface area (Å²) in [4.78, 5) is 39.4. The summed E-state index contributed by atoms with van der Waals surface area (Å²) in [5.74, 6) is -4.75. The number of amides is 2. The molecule has 0 heterocycles. The summed E-state index contributed by atoms with van der Waals surface area (Å²) in [5, 5.41) is 5.85. The Morgan fingerprint density at radius 3 is 1.91 bits per heavy atom. The molecule has 0 radical (unpaired) electrons. The van der Waals surface area contributed by atoms with Crippen molar-refractivity contribution in [3.63, 3.8) is 0 Å². The third-order valence-electron chi connectivity index (χ3n) is 6.77. The maximum Gasteiger partial charge on any atom is 0.452 e. The number of rotatable bonds is 12. The van der Waals surface area contributed by atoms with E-state index in [0.717, 1.165) is 5.56 Å². The van der Waals surface area contributed by atoms with Gasteiger partial charge in [0.05, 0.1) is 29.1 Å². The summed E-state index contributed by atoms with van der Waals surface area (Å²) in [6, 6.07) is 15.0. The van der Waals surface area contributed by atoms with Crippen molar-refractivity contribution in [1.29, 1.82) is 0 Å². The molecular formula is C31H30Cl3F3N2O4. The highest BCUT2D eigenvalue weighted by Gasteiger charge is 2.45. The first-order chi connectivity index (χ1) is 20.2. The van der Waals surface area contributed by atoms with Gasteiger partial charge in [0.2, 0.25) is 11.8 Å². The van der Waals surface area contributed by atoms with Crippen LogP contribution in [0.25, 0.3) is 0 Å². The zero-order chi connectivity index (χ0) is 31.9. The van der Waals surface area contributed by atoms with Crippen LogP contribution in [0.4, 0.5) is 13.2 Å². The molecule has 0 aliphatic carbocycles. The normalized spacial score (nSPS) is 13.6. The van der Waals surface area contributed by atoms with E-state index in [1.54, 1.807) is 66.7 Å². The van der Waals surface area contributed by atoms with E-state index in [2.05, 4.69) is 10.6 Å². The van der Waals surface area contributed by atoms with Crippen molar-refractivity contribution < 1.29 is 32.3 Å². The number of Topliss-reactive ketones (excluding diaryl/α,β-unsaturated/α-hetero) is 1. The molecule has 3 aromatic carbocycles. The highest BCUT2D eigenvalue weighted by Crippen LogP contribution is 2.30. The minimum Gasteiger partial charge on any atom is -0.497 e. The number of halogens is 6. The Bertz CT molecular complexity index is 1430. The van der Waals surface area contributed by atoms with Crippen molar-refractivity contribution in [2.75, 3.05) is 7.11 Å². The average Bonchev–Trinajstić information content (AvgIpc) is 2.96. The van der Waals surface area contributed by atoms with Gasteiger partial charge in [-0.05, 0) is 65.4 Å². The predicted molar refractivity (Wildman–Crippen MR) is 161 cm³/mol. The van der Waals surface area contributed by atoms with Crippen LogP contribution in [0.2, 0.25) is 15.1 Å². The first-order valence-electron chi connectivity index (χ1n) is 13.2. The van der Waals surface area contributed by atoms with Gasteiger partial charge in [-0.15, -0.1) is 0 Å². The molecule has 6 nitrogen and oxygen atoms in total. The number of benzene rings is 3. The van der Waals surface area contributed by atoms with Gasteiger partial charge in [0, 0.05) is 11.4 Å². The fourth-order valence-electron chi connectivity index (χ4n) is 4.39. The maximum atomic E-state index is 13.9. The molecule has 0 saturated carbocycles. The molecule has 3 aromatic rings. The zero-order valence-corrected chi connectivity index (χ0v) is 25.7. The first kappa shape index (κ1) is 34.2. The number of alkyl halides is 3. The zero-order valence-electron chi connectivity index (χ0n) is 23.5. The van der Waals surface area contributed by atoms with Crippen LogP contribution in [-0.4, -0.2) is 43.0 Å². The molecule has 2 amide bonds. The molecule has 0 spiro atoms. The first-order valence-corrected chi connectivity index (χ1v) is 14.4. The quantitative estimate of drug-likeness (QED) is 0.220. The van der Waals surface area contributed by atoms with Crippen molar-refractivity contribution in [3.05, 3.63) is 98.5 Å². The highest BCUT2D eigenvalue weighted by atomic mass is 35.5. The Hall–Kier alpha value is -3.27. The van der Waals surface area contributed by atoms with Crippen LogP contribution in [0.1, 0.15) is 36.5 Å². The van der Waals surface area contributed by atoms with E-state index in [1.165, 1.54) is 21.0 Å². The van der Waals surface area contributed by atoms with Crippen LogP contribution in [0.5, 0.6) is 5.75 Å². The van der Waals surface area contributed by atoms with E-state index in [1.807, 2.05) is 0 Å². The van der Waals surface area contributed by atoms with E-state index in [9.17, 15) is 27.6 Å². The fourth-order valence-corrected chi connectivity index (χ4v) is 4.82. The lowest BCUT2D eigenvalue weighted by molar-refractivity contribution is -0.175. The summed E-state index contributed by atoms with van der Waals surface area (Å²) in [5.41, 5.74) is 1.84. The van der Waals surface area contributed by atoms with Crippen LogP contribution in [0.3, 0.4) is 0 Å². The van der Waals surface area contributed by atoms with Gasteiger partial charge in [-0.25, -0.2) is 0 Å². The van der Waals surface area contributed by atoms with Gasteiger partial charge in [-0.2, -0.15) is 13.2 Å². The minimum absolute atomic E-state index is 0.0869. The Balaban J connectivity index is 1.97. The minimum atomic E-state index is -5.16. The Kier molecular flexibility index (Phi) is 11.9. The summed E-state index contributed by atoms with van der Waals surface area (Å²) in [7, 11) is 1.53. The topological polar surface area (TPSA) is 84.5 Å². The summed E-state index contributed by atoms with van der Waals surface area (Å²) < 4.78 is 45.1. The maximum absolute atomic E-state index is 13.9. The van der Waals surface area contributed by atoms with Crippen LogP contribution in [0, 0.1) is 5.92 Å². The fraction of sp³-hybridized carbons (Fsp3) is 0.323. The molecule has 3 rings (SSSR count). The standard InChI is InChI=1S/C31H30Cl3F3N2O4/c1-17(2)27(28(40)31(35,36)37)39-30(42)26(15-19-4-9-21(32)10-5-19)38-29(41)23(20-8-13-24(33)25(34)16-20)14-18-6-11-22(43-3)12-7-18/h4-13,16-17,23,26-27H,14-15H2,1-3H3,(H,38,41)(H,39,42)/t23?,26-,27-/m0/s1. The molecule has 230 valence electrons. The Morgan fingerprint density at radius 1 is 0.791 bits per heavy atom. The molecule has 43 heavy (non-hydrogen) atoms. The summed E-state index contributed by atoms with van der Waals surface area (Å²) in [6.45, 7) is 2.77. The van der Waals surface area contributed by atoms with E-state index < -0.39 is 47.7 Å². The lowest BCUT2D eigenvalue weighted by Gasteiger charge is -2.27. The largest absolute Gasteiger partial charge is 0.497 e. The molecule has 0 aromatic heterocycles. The van der Waals surface area contributed by atoms with Gasteiger partial charge in [-0.3, -0.25) is 14.4 Å². The lowest BCUT2D eigenvalue weighted by Crippen LogP contribution is -2.56. The van der Waals surface area contributed by atoms with E-state index in [4.69, 9.17) is 39.5 Å². The Labute approximate surface area is 262 Å². The van der Waals surface area contributed by atoms with Crippen LogP contribution < -0.4 is 15.4 Å². The highest BCUT2D eigenvalue weighted by molar-refractivity contribution is 6.42. The van der Waals surface area contributed by atoms with Gasteiger partial charge in [0.1, 0.15) is 11.8 Å². The number of nitrogens with one attached hydrogen (secondary N) is 2. The van der Waals surface area contributed by atoms with Gasteiger partial charge < -0.3 is 15.4 Å². The second kappa shape index (κ2) is 14.9. The van der Waals surface area contributed by atoms with E-state index in [-0.39, 0.29) is 22.9 Å². The van der Waals surface area contributed by atoms with Gasteiger partial charge in [-0.1, -0.05) is 79.0 Å². The van der Waals surface area contributed by atoms with Crippen LogP contribution in [0.15, 0.2) is 66.7 Å². The molecular weight excluding hydrogens is 628 g/mol. The Morgan fingerprint density at radius 2 is 1.37 bits per heavy atom. The predicted octanol–water partition coefficient (Wildman–Crippen LogP) is 6.98. The summed E-state index contributed by atoms with van der Waals surface area (Å²) in [6.07, 6.45) is -5.06.